The molecule has 2 aromatic rings. The smallest absolute Gasteiger partial charge is 0.223 e. The molecule has 34 heavy (non-hydrogen) atoms. The number of hydrogen-bond donors (Lipinski definition) is 2. The largest absolute Gasteiger partial charge is 0.476 e. The van der Waals surface area contributed by atoms with Crippen molar-refractivity contribution < 1.29 is 14.2 Å². The highest BCUT2D eigenvalue weighted by molar-refractivity contribution is 5.56. The van der Waals surface area contributed by atoms with Gasteiger partial charge in [-0.25, -0.2) is 19.9 Å². The molecule has 10 nitrogen and oxygen atoms in total. The van der Waals surface area contributed by atoms with E-state index >= 15 is 0 Å². The summed E-state index contributed by atoms with van der Waals surface area (Å²) in [6, 6.07) is 6.88. The highest BCUT2D eigenvalue weighted by Gasteiger charge is 2.34. The Labute approximate surface area is 200 Å². The van der Waals surface area contributed by atoms with Crippen LogP contribution >= 0.6 is 0 Å². The second-order valence-electron chi connectivity index (χ2n) is 8.94. The summed E-state index contributed by atoms with van der Waals surface area (Å²) < 4.78 is 16.4. The molecule has 1 aliphatic carbocycles. The Morgan fingerprint density at radius 3 is 2.68 bits per heavy atom. The first-order valence-electron chi connectivity index (χ1n) is 12.0. The Morgan fingerprint density at radius 2 is 1.91 bits per heavy atom. The van der Waals surface area contributed by atoms with Crippen molar-refractivity contribution >= 4 is 5.95 Å². The minimum Gasteiger partial charge on any atom is -0.476 e. The van der Waals surface area contributed by atoms with Gasteiger partial charge in [0.1, 0.15) is 12.9 Å². The van der Waals surface area contributed by atoms with Gasteiger partial charge in [0, 0.05) is 51.2 Å². The van der Waals surface area contributed by atoms with E-state index in [0.29, 0.717) is 61.4 Å². The molecular weight excluding hydrogens is 434 g/mol. The third-order valence-electron chi connectivity index (χ3n) is 6.54. The summed E-state index contributed by atoms with van der Waals surface area (Å²) in [5.74, 6) is 1.03. The molecule has 2 aromatic heterocycles. The fourth-order valence-corrected chi connectivity index (χ4v) is 4.38. The number of nitrogens with zero attached hydrogens (tertiary/aromatic N) is 5. The van der Waals surface area contributed by atoms with E-state index in [-0.39, 0.29) is 6.61 Å². The zero-order valence-electron chi connectivity index (χ0n) is 19.7. The number of ether oxygens (including phenoxy) is 3. The molecule has 1 aliphatic heterocycles. The molecule has 2 N–H and O–H groups in total. The standard InChI is InChI=1S/C24H33N7O3/c1-32-13-10-26-18-2-4-19(5-3-18)30-23-27-9-6-20(31-23)21-14-22(29-17-28-21)34-16-24(15-25)7-11-33-12-8-24/h6,9,14,17-19,26H,2-5,7-8,10-13,16H2,1H3,(H,27,30,31). The minimum absolute atomic E-state index is 0.281. The Kier molecular flexibility index (Phi) is 8.57. The molecule has 1 saturated heterocycles. The van der Waals surface area contributed by atoms with Gasteiger partial charge in [-0.1, -0.05) is 0 Å². The lowest BCUT2D eigenvalue weighted by Gasteiger charge is -2.30. The van der Waals surface area contributed by atoms with E-state index in [1.165, 1.54) is 6.33 Å². The first-order chi connectivity index (χ1) is 16.7. The SMILES string of the molecule is COCCNC1CCC(Nc2nccc(-c3cc(OCC4(C#N)CCOCC4)ncn3)n2)CC1. The van der Waals surface area contributed by atoms with Crippen LogP contribution in [0.2, 0.25) is 0 Å². The van der Waals surface area contributed by atoms with Gasteiger partial charge in [-0.2, -0.15) is 5.26 Å². The average molecular weight is 468 g/mol. The molecule has 182 valence electrons. The number of rotatable bonds is 10. The molecule has 10 heteroatoms. The fraction of sp³-hybridized carbons (Fsp3) is 0.625. The lowest BCUT2D eigenvalue weighted by atomic mass is 9.83. The predicted molar refractivity (Wildman–Crippen MR) is 126 cm³/mol. The number of aromatic nitrogens is 4. The molecule has 2 aliphatic rings. The molecule has 1 saturated carbocycles. The van der Waals surface area contributed by atoms with E-state index in [4.69, 9.17) is 14.2 Å². The van der Waals surface area contributed by atoms with Crippen LogP contribution in [-0.4, -0.2) is 72.1 Å². The normalized spacial score (nSPS) is 22.0. The number of hydrogen-bond acceptors (Lipinski definition) is 10. The van der Waals surface area contributed by atoms with Crippen molar-refractivity contribution in [1.82, 2.24) is 25.3 Å². The van der Waals surface area contributed by atoms with Crippen molar-refractivity contribution in [3.8, 4) is 23.3 Å². The molecule has 0 bridgehead atoms. The van der Waals surface area contributed by atoms with Crippen molar-refractivity contribution in [3.05, 3.63) is 24.7 Å². The van der Waals surface area contributed by atoms with Crippen LogP contribution in [-0.2, 0) is 9.47 Å². The maximum atomic E-state index is 9.63. The molecule has 0 spiro atoms. The van der Waals surface area contributed by atoms with Crippen LogP contribution in [0.3, 0.4) is 0 Å². The summed E-state index contributed by atoms with van der Waals surface area (Å²) >= 11 is 0. The zero-order chi connectivity index (χ0) is 23.6. The monoisotopic (exact) mass is 467 g/mol. The lowest BCUT2D eigenvalue weighted by Crippen LogP contribution is -2.38. The molecule has 0 radical (unpaired) electrons. The molecule has 4 rings (SSSR count). The summed E-state index contributed by atoms with van der Waals surface area (Å²) in [4.78, 5) is 17.7. The number of methoxy groups -OCH3 is 1. The molecule has 3 heterocycles. The minimum atomic E-state index is -0.534. The van der Waals surface area contributed by atoms with E-state index < -0.39 is 5.41 Å². The second-order valence-corrected chi connectivity index (χ2v) is 8.94. The van der Waals surface area contributed by atoms with E-state index in [1.807, 2.05) is 6.07 Å². The van der Waals surface area contributed by atoms with E-state index in [2.05, 4.69) is 36.6 Å². The Morgan fingerprint density at radius 1 is 1.12 bits per heavy atom. The average Bonchev–Trinajstić information content (AvgIpc) is 2.90. The van der Waals surface area contributed by atoms with Gasteiger partial charge in [0.05, 0.1) is 29.5 Å². The van der Waals surface area contributed by atoms with Crippen LogP contribution in [0, 0.1) is 16.7 Å². The summed E-state index contributed by atoms with van der Waals surface area (Å²) in [5, 5.41) is 16.7. The Hall–Kier alpha value is -2.87. The topological polar surface area (TPSA) is 127 Å². The van der Waals surface area contributed by atoms with Gasteiger partial charge in [0.25, 0.3) is 0 Å². The molecule has 2 fully saturated rings. The van der Waals surface area contributed by atoms with Crippen LogP contribution in [0.4, 0.5) is 5.95 Å². The second kappa shape index (κ2) is 12.0. The van der Waals surface area contributed by atoms with E-state index in [9.17, 15) is 5.26 Å². The van der Waals surface area contributed by atoms with Crippen LogP contribution in [0.5, 0.6) is 5.88 Å². The Bertz CT molecular complexity index is 954. The van der Waals surface area contributed by atoms with Crippen LogP contribution in [0.15, 0.2) is 24.7 Å². The quantitative estimate of drug-likeness (QED) is 0.503. The predicted octanol–water partition coefficient (Wildman–Crippen LogP) is 2.59. The number of nitrogens with one attached hydrogen (secondary N) is 2. The molecular formula is C24H33N7O3. The first kappa shape index (κ1) is 24.3. The van der Waals surface area contributed by atoms with Crippen LogP contribution < -0.4 is 15.4 Å². The van der Waals surface area contributed by atoms with Crippen molar-refractivity contribution in [2.24, 2.45) is 5.41 Å². The summed E-state index contributed by atoms with van der Waals surface area (Å²) in [6.45, 7) is 3.07. The van der Waals surface area contributed by atoms with Crippen LogP contribution in [0.25, 0.3) is 11.4 Å². The Balaban J connectivity index is 1.33. The number of nitriles is 1. The van der Waals surface area contributed by atoms with Gasteiger partial charge < -0.3 is 24.8 Å². The number of anilines is 1. The molecule has 0 amide bonds. The molecule has 0 aromatic carbocycles. The van der Waals surface area contributed by atoms with Gasteiger partial charge in [-0.05, 0) is 44.6 Å². The first-order valence-corrected chi connectivity index (χ1v) is 12.0. The van der Waals surface area contributed by atoms with Crippen molar-refractivity contribution in [3.63, 3.8) is 0 Å². The van der Waals surface area contributed by atoms with Crippen molar-refractivity contribution in [2.45, 2.75) is 50.6 Å². The highest BCUT2D eigenvalue weighted by atomic mass is 16.5. The van der Waals surface area contributed by atoms with Gasteiger partial charge in [0.2, 0.25) is 11.8 Å². The van der Waals surface area contributed by atoms with Gasteiger partial charge in [-0.15, -0.1) is 0 Å². The lowest BCUT2D eigenvalue weighted by molar-refractivity contribution is 0.0183. The maximum absolute atomic E-state index is 9.63. The fourth-order valence-electron chi connectivity index (χ4n) is 4.38. The third kappa shape index (κ3) is 6.59. The summed E-state index contributed by atoms with van der Waals surface area (Å²) in [6.07, 6.45) is 8.87. The van der Waals surface area contributed by atoms with Crippen molar-refractivity contribution in [1.29, 1.82) is 5.26 Å². The van der Waals surface area contributed by atoms with Gasteiger partial charge >= 0.3 is 0 Å². The summed E-state index contributed by atoms with van der Waals surface area (Å²) in [7, 11) is 1.73. The van der Waals surface area contributed by atoms with Gasteiger partial charge in [-0.3, -0.25) is 0 Å². The third-order valence-corrected chi connectivity index (χ3v) is 6.54. The van der Waals surface area contributed by atoms with E-state index in [0.717, 1.165) is 38.8 Å². The highest BCUT2D eigenvalue weighted by Crippen LogP contribution is 2.30. The molecule has 0 unspecified atom stereocenters. The van der Waals surface area contributed by atoms with Crippen LogP contribution in [0.1, 0.15) is 38.5 Å². The van der Waals surface area contributed by atoms with E-state index in [1.54, 1.807) is 19.4 Å². The summed E-state index contributed by atoms with van der Waals surface area (Å²) in [5.41, 5.74) is 0.813. The molecule has 0 atom stereocenters. The van der Waals surface area contributed by atoms with Crippen molar-refractivity contribution in [2.75, 3.05) is 45.4 Å². The zero-order valence-corrected chi connectivity index (χ0v) is 19.7. The maximum Gasteiger partial charge on any atom is 0.223 e. The van der Waals surface area contributed by atoms with Gasteiger partial charge in [0.15, 0.2) is 0 Å².